The van der Waals surface area contributed by atoms with E-state index >= 15 is 0 Å². The van der Waals surface area contributed by atoms with Crippen LogP contribution in [0.5, 0.6) is 5.75 Å². The number of benzene rings is 2. The molecule has 104 valence electrons. The lowest BCUT2D eigenvalue weighted by atomic mass is 10.1. The number of para-hydroxylation sites is 1. The number of hydrogen-bond acceptors (Lipinski definition) is 5. The van der Waals surface area contributed by atoms with Gasteiger partial charge in [-0.3, -0.25) is 10.1 Å². The number of nitrogens with zero attached hydrogens (tertiary/aromatic N) is 2. The number of rotatable bonds is 3. The maximum atomic E-state index is 11.1. The molecule has 1 aliphatic rings. The van der Waals surface area contributed by atoms with Crippen LogP contribution >= 0.6 is 0 Å². The van der Waals surface area contributed by atoms with Gasteiger partial charge in [0.05, 0.1) is 22.6 Å². The summed E-state index contributed by atoms with van der Waals surface area (Å²) >= 11 is 0. The van der Waals surface area contributed by atoms with Crippen molar-refractivity contribution in [3.8, 4) is 11.8 Å². The van der Waals surface area contributed by atoms with Gasteiger partial charge in [0.1, 0.15) is 18.0 Å². The Labute approximate surface area is 120 Å². The zero-order valence-electron chi connectivity index (χ0n) is 10.9. The molecule has 3 rings (SSSR count). The summed E-state index contributed by atoms with van der Waals surface area (Å²) in [6, 6.07) is 13.6. The maximum absolute atomic E-state index is 11.1. The van der Waals surface area contributed by atoms with Crippen LogP contribution in [0.3, 0.4) is 0 Å². The van der Waals surface area contributed by atoms with Crippen molar-refractivity contribution in [3.63, 3.8) is 0 Å². The van der Waals surface area contributed by atoms with Crippen LogP contribution in [-0.2, 0) is 0 Å². The van der Waals surface area contributed by atoms with Gasteiger partial charge in [-0.1, -0.05) is 18.2 Å². The minimum atomic E-state index is -0.467. The first-order valence-electron chi connectivity index (χ1n) is 6.36. The van der Waals surface area contributed by atoms with E-state index in [0.717, 1.165) is 11.3 Å². The fraction of sp³-hybridized carbons (Fsp3) is 0.133. The van der Waals surface area contributed by atoms with Gasteiger partial charge in [0.2, 0.25) is 0 Å². The second-order valence-electron chi connectivity index (χ2n) is 4.65. The number of nitrogens with one attached hydrogen (secondary N) is 1. The molecule has 6 nitrogen and oxygen atoms in total. The molecule has 1 atom stereocenters. The van der Waals surface area contributed by atoms with Gasteiger partial charge in [-0.05, 0) is 18.2 Å². The van der Waals surface area contributed by atoms with E-state index in [-0.39, 0.29) is 11.7 Å². The Morgan fingerprint density at radius 3 is 2.90 bits per heavy atom. The van der Waals surface area contributed by atoms with Crippen LogP contribution in [0.15, 0.2) is 42.5 Å². The second-order valence-corrected chi connectivity index (χ2v) is 4.65. The standard InChI is InChI=1S/C15H11N3O3/c16-8-10-5-6-14(18(19)20)12(7-10)17-13-9-21-15-4-2-1-3-11(13)15/h1-7,13,17H,9H2. The van der Waals surface area contributed by atoms with Crippen LogP contribution in [0.2, 0.25) is 0 Å². The van der Waals surface area contributed by atoms with Crippen molar-refractivity contribution < 1.29 is 9.66 Å². The van der Waals surface area contributed by atoms with Gasteiger partial charge in [-0.2, -0.15) is 5.26 Å². The first kappa shape index (κ1) is 12.9. The molecule has 21 heavy (non-hydrogen) atoms. The quantitative estimate of drug-likeness (QED) is 0.690. The topological polar surface area (TPSA) is 88.2 Å². The van der Waals surface area contributed by atoms with E-state index < -0.39 is 4.92 Å². The summed E-state index contributed by atoms with van der Waals surface area (Å²) in [6.45, 7) is 0.396. The molecule has 0 saturated heterocycles. The summed E-state index contributed by atoms with van der Waals surface area (Å²) in [5.74, 6) is 0.772. The molecular formula is C15H11N3O3. The Morgan fingerprint density at radius 1 is 1.33 bits per heavy atom. The first-order chi connectivity index (χ1) is 10.2. The highest BCUT2D eigenvalue weighted by Gasteiger charge is 2.26. The third-order valence-electron chi connectivity index (χ3n) is 3.35. The van der Waals surface area contributed by atoms with Crippen LogP contribution in [0, 0.1) is 21.4 Å². The van der Waals surface area contributed by atoms with Gasteiger partial charge in [0.15, 0.2) is 0 Å². The van der Waals surface area contributed by atoms with Crippen molar-refractivity contribution in [2.75, 3.05) is 11.9 Å². The zero-order chi connectivity index (χ0) is 14.8. The molecule has 1 unspecified atom stereocenters. The maximum Gasteiger partial charge on any atom is 0.292 e. The Balaban J connectivity index is 1.95. The molecule has 6 heteroatoms. The molecule has 1 heterocycles. The molecule has 1 N–H and O–H groups in total. The fourth-order valence-electron chi connectivity index (χ4n) is 2.35. The van der Waals surface area contributed by atoms with Gasteiger partial charge in [0, 0.05) is 11.6 Å². The summed E-state index contributed by atoms with van der Waals surface area (Å²) in [7, 11) is 0. The van der Waals surface area contributed by atoms with Gasteiger partial charge in [-0.15, -0.1) is 0 Å². The molecule has 0 amide bonds. The number of nitro groups is 1. The highest BCUT2D eigenvalue weighted by Crippen LogP contribution is 2.36. The Kier molecular flexibility index (Phi) is 3.16. The summed E-state index contributed by atoms with van der Waals surface area (Å²) in [5.41, 5.74) is 1.59. The molecule has 0 aliphatic carbocycles. The van der Waals surface area contributed by atoms with E-state index in [1.807, 2.05) is 30.3 Å². The summed E-state index contributed by atoms with van der Waals surface area (Å²) in [5, 5.41) is 23.1. The predicted octanol–water partition coefficient (Wildman–Crippen LogP) is 3.01. The van der Waals surface area contributed by atoms with Crippen LogP contribution in [0.4, 0.5) is 11.4 Å². The molecule has 0 fully saturated rings. The smallest absolute Gasteiger partial charge is 0.292 e. The third kappa shape index (κ3) is 2.37. The van der Waals surface area contributed by atoms with E-state index in [4.69, 9.17) is 10.00 Å². The predicted molar refractivity (Wildman–Crippen MR) is 76.1 cm³/mol. The molecule has 0 bridgehead atoms. The van der Waals surface area contributed by atoms with E-state index in [1.54, 1.807) is 0 Å². The molecule has 0 radical (unpaired) electrons. The Bertz CT molecular complexity index is 752. The average Bonchev–Trinajstić information content (AvgIpc) is 2.90. The van der Waals surface area contributed by atoms with Crippen LogP contribution in [-0.4, -0.2) is 11.5 Å². The Hall–Kier alpha value is -3.07. The number of hydrogen-bond donors (Lipinski definition) is 1. The van der Waals surface area contributed by atoms with Crippen LogP contribution in [0.1, 0.15) is 17.2 Å². The normalized spacial score (nSPS) is 15.7. The molecule has 2 aromatic rings. The zero-order valence-corrected chi connectivity index (χ0v) is 10.9. The highest BCUT2D eigenvalue weighted by molar-refractivity contribution is 5.65. The summed E-state index contributed by atoms with van der Waals surface area (Å²) < 4.78 is 5.54. The molecule has 0 saturated carbocycles. The lowest BCUT2D eigenvalue weighted by Crippen LogP contribution is -2.13. The van der Waals surface area contributed by atoms with Crippen molar-refractivity contribution in [1.82, 2.24) is 0 Å². The summed E-state index contributed by atoms with van der Waals surface area (Å²) in [4.78, 5) is 10.6. The minimum Gasteiger partial charge on any atom is -0.491 e. The van der Waals surface area contributed by atoms with Crippen molar-refractivity contribution in [3.05, 3.63) is 63.7 Å². The summed E-state index contributed by atoms with van der Waals surface area (Å²) in [6.07, 6.45) is 0. The number of nitro benzene ring substituents is 1. The molecule has 2 aromatic carbocycles. The molecule has 0 aromatic heterocycles. The van der Waals surface area contributed by atoms with E-state index in [0.29, 0.717) is 17.9 Å². The Morgan fingerprint density at radius 2 is 2.14 bits per heavy atom. The minimum absolute atomic E-state index is 0.0571. The van der Waals surface area contributed by atoms with Gasteiger partial charge in [-0.25, -0.2) is 0 Å². The fourth-order valence-corrected chi connectivity index (χ4v) is 2.35. The number of ether oxygens (including phenoxy) is 1. The molecule has 1 aliphatic heterocycles. The van der Waals surface area contributed by atoms with Gasteiger partial charge < -0.3 is 10.1 Å². The average molecular weight is 281 g/mol. The van der Waals surface area contributed by atoms with Crippen LogP contribution in [0.25, 0.3) is 0 Å². The van der Waals surface area contributed by atoms with Crippen LogP contribution < -0.4 is 10.1 Å². The second kappa shape index (κ2) is 5.13. The van der Waals surface area contributed by atoms with Crippen molar-refractivity contribution in [2.45, 2.75) is 6.04 Å². The van der Waals surface area contributed by atoms with Gasteiger partial charge >= 0.3 is 0 Å². The van der Waals surface area contributed by atoms with Gasteiger partial charge in [0.25, 0.3) is 5.69 Å². The van der Waals surface area contributed by atoms with Crippen molar-refractivity contribution >= 4 is 11.4 Å². The third-order valence-corrected chi connectivity index (χ3v) is 3.35. The van der Waals surface area contributed by atoms with Crippen molar-refractivity contribution in [2.24, 2.45) is 0 Å². The molecule has 0 spiro atoms. The SMILES string of the molecule is N#Cc1ccc([N+](=O)[O-])c(NC2COc3ccccc32)c1. The molecular weight excluding hydrogens is 270 g/mol. The lowest BCUT2D eigenvalue weighted by Gasteiger charge is -2.13. The van der Waals surface area contributed by atoms with E-state index in [9.17, 15) is 10.1 Å². The highest BCUT2D eigenvalue weighted by atomic mass is 16.6. The lowest BCUT2D eigenvalue weighted by molar-refractivity contribution is -0.384. The van der Waals surface area contributed by atoms with Crippen molar-refractivity contribution in [1.29, 1.82) is 5.26 Å². The monoisotopic (exact) mass is 281 g/mol. The number of fused-ring (bicyclic) bond motifs is 1. The first-order valence-corrected chi connectivity index (χ1v) is 6.36. The number of nitriles is 1. The largest absolute Gasteiger partial charge is 0.491 e. The van der Waals surface area contributed by atoms with E-state index in [2.05, 4.69) is 5.32 Å². The van der Waals surface area contributed by atoms with E-state index in [1.165, 1.54) is 18.2 Å². The number of anilines is 1.